The van der Waals surface area contributed by atoms with Crippen molar-refractivity contribution in [2.45, 2.75) is 44.9 Å². The quantitative estimate of drug-likeness (QED) is 0.296. The first-order valence-corrected chi connectivity index (χ1v) is 10.2. The average Bonchev–Trinajstić information content (AvgIpc) is 2.75. The highest BCUT2D eigenvalue weighted by Gasteiger charge is 2.32. The van der Waals surface area contributed by atoms with Crippen LogP contribution in [0.3, 0.4) is 0 Å². The zero-order valence-electron chi connectivity index (χ0n) is 16.8. The second-order valence-electron chi connectivity index (χ2n) is 7.92. The Morgan fingerprint density at radius 2 is 1.58 bits per heavy atom. The Morgan fingerprint density at radius 3 is 2.29 bits per heavy atom. The van der Waals surface area contributed by atoms with Gasteiger partial charge in [-0.15, -0.1) is 0 Å². The third-order valence-electron chi connectivity index (χ3n) is 5.98. The lowest BCUT2D eigenvalue weighted by atomic mass is 9.78. The molecular weight excluding hydrogens is 414 g/mol. The summed E-state index contributed by atoms with van der Waals surface area (Å²) in [6, 6.07) is 7.83. The van der Waals surface area contributed by atoms with Crippen molar-refractivity contribution in [2.75, 3.05) is 0 Å². The first-order valence-electron chi connectivity index (χ1n) is 10.2. The van der Waals surface area contributed by atoms with Gasteiger partial charge in [-0.3, -0.25) is 0 Å². The van der Waals surface area contributed by atoms with Crippen LogP contribution >= 0.6 is 0 Å². The number of hydrogen-bond donors (Lipinski definition) is 0. The van der Waals surface area contributed by atoms with E-state index in [2.05, 4.69) is 0 Å². The van der Waals surface area contributed by atoms with Crippen molar-refractivity contribution in [1.29, 1.82) is 0 Å². The monoisotopic (exact) mass is 434 g/mol. The molecule has 0 radical (unpaired) electrons. The summed E-state index contributed by atoms with van der Waals surface area (Å²) in [6.45, 7) is 1.99. The molecule has 0 amide bonds. The first-order chi connectivity index (χ1) is 14.8. The third kappa shape index (κ3) is 3.73. The topological polar surface area (TPSA) is 0 Å². The molecule has 1 aliphatic rings. The van der Waals surface area contributed by atoms with E-state index < -0.39 is 51.9 Å². The summed E-state index contributed by atoms with van der Waals surface area (Å²) < 4.78 is 87.3. The van der Waals surface area contributed by atoms with E-state index in [0.29, 0.717) is 12.0 Å². The average molecular weight is 434 g/mol. The minimum absolute atomic E-state index is 0.0309. The minimum atomic E-state index is -1.57. The van der Waals surface area contributed by atoms with E-state index >= 15 is 4.39 Å². The van der Waals surface area contributed by atoms with Gasteiger partial charge in [0.15, 0.2) is 23.3 Å². The highest BCUT2D eigenvalue weighted by molar-refractivity contribution is 5.68. The lowest BCUT2D eigenvalue weighted by Crippen LogP contribution is -2.19. The molecule has 162 valence electrons. The molecule has 0 aromatic heterocycles. The number of aryl methyl sites for hydroxylation is 1. The van der Waals surface area contributed by atoms with Gasteiger partial charge < -0.3 is 0 Å². The fraction of sp³-hybridized carbons (Fsp3) is 0.280. The maximum atomic E-state index is 15.2. The lowest BCUT2D eigenvalue weighted by molar-refractivity contribution is 0.451. The van der Waals surface area contributed by atoms with Gasteiger partial charge in [-0.2, -0.15) is 0 Å². The summed E-state index contributed by atoms with van der Waals surface area (Å²) in [7, 11) is 0. The highest BCUT2D eigenvalue weighted by Crippen LogP contribution is 2.41. The maximum Gasteiger partial charge on any atom is 0.169 e. The second kappa shape index (κ2) is 8.40. The number of hydrogen-bond acceptors (Lipinski definition) is 0. The fourth-order valence-corrected chi connectivity index (χ4v) is 4.44. The normalized spacial score (nSPS) is 15.8. The molecule has 1 unspecified atom stereocenters. The standard InChI is InChI=1S/C25H20F6/c1-2-4-13-7-9-15(20(27)11-13)14-8-10-16-18(12-14)24(30)25(31)21(23(16)29)17-5-3-6-19(26)22(17)28/h3,5-7,9,11,14H,2,4,8,10,12H2,1H3. The molecule has 0 spiro atoms. The molecule has 0 aliphatic heterocycles. The van der Waals surface area contributed by atoms with Gasteiger partial charge in [-0.1, -0.05) is 37.6 Å². The van der Waals surface area contributed by atoms with Gasteiger partial charge in [0.1, 0.15) is 11.6 Å². The summed E-state index contributed by atoms with van der Waals surface area (Å²) in [5.74, 6) is -7.55. The molecule has 0 bridgehead atoms. The summed E-state index contributed by atoms with van der Waals surface area (Å²) in [4.78, 5) is 0. The molecule has 4 rings (SSSR count). The van der Waals surface area contributed by atoms with Crippen LogP contribution in [-0.2, 0) is 19.3 Å². The van der Waals surface area contributed by atoms with Crippen LogP contribution in [0, 0.1) is 34.9 Å². The van der Waals surface area contributed by atoms with Crippen molar-refractivity contribution >= 4 is 0 Å². The zero-order valence-corrected chi connectivity index (χ0v) is 16.8. The zero-order chi connectivity index (χ0) is 22.3. The van der Waals surface area contributed by atoms with Crippen molar-refractivity contribution in [2.24, 2.45) is 0 Å². The summed E-state index contributed by atoms with van der Waals surface area (Å²) in [5, 5.41) is 0. The van der Waals surface area contributed by atoms with Gasteiger partial charge in [-0.25, -0.2) is 26.3 Å². The molecule has 1 atom stereocenters. The molecule has 6 heteroatoms. The van der Waals surface area contributed by atoms with Gasteiger partial charge in [-0.05, 0) is 66.0 Å². The van der Waals surface area contributed by atoms with Gasteiger partial charge in [0, 0.05) is 5.56 Å². The molecule has 0 N–H and O–H groups in total. The van der Waals surface area contributed by atoms with Crippen molar-refractivity contribution in [3.05, 3.63) is 93.6 Å². The third-order valence-corrected chi connectivity index (χ3v) is 5.98. The largest absolute Gasteiger partial charge is 0.207 e. The Morgan fingerprint density at radius 1 is 0.806 bits per heavy atom. The fourth-order valence-electron chi connectivity index (χ4n) is 4.44. The van der Waals surface area contributed by atoms with E-state index in [9.17, 15) is 22.0 Å². The predicted molar refractivity (Wildman–Crippen MR) is 107 cm³/mol. The number of benzene rings is 3. The van der Waals surface area contributed by atoms with Crippen molar-refractivity contribution in [3.8, 4) is 11.1 Å². The molecule has 0 saturated heterocycles. The Bertz CT molecular complexity index is 1150. The van der Waals surface area contributed by atoms with E-state index in [-0.39, 0.29) is 24.0 Å². The van der Waals surface area contributed by atoms with Gasteiger partial charge in [0.05, 0.1) is 5.56 Å². The Kier molecular flexibility index (Phi) is 5.82. The minimum Gasteiger partial charge on any atom is -0.207 e. The lowest BCUT2D eigenvalue weighted by Gasteiger charge is -2.27. The van der Waals surface area contributed by atoms with Crippen LogP contribution in [0.4, 0.5) is 26.3 Å². The molecule has 0 saturated carbocycles. The van der Waals surface area contributed by atoms with Crippen LogP contribution in [0.2, 0.25) is 0 Å². The summed E-state index contributed by atoms with van der Waals surface area (Å²) in [5.41, 5.74) is -0.602. The molecule has 0 nitrogen and oxygen atoms in total. The summed E-state index contributed by atoms with van der Waals surface area (Å²) in [6.07, 6.45) is 1.88. The maximum absolute atomic E-state index is 15.2. The van der Waals surface area contributed by atoms with Crippen LogP contribution in [0.1, 0.15) is 47.9 Å². The van der Waals surface area contributed by atoms with E-state index in [4.69, 9.17) is 0 Å². The van der Waals surface area contributed by atoms with E-state index in [0.717, 1.165) is 36.6 Å². The Labute approximate surface area is 176 Å². The molecule has 0 fully saturated rings. The first kappa shape index (κ1) is 21.5. The number of rotatable bonds is 4. The molecular formula is C25H20F6. The Balaban J connectivity index is 1.76. The van der Waals surface area contributed by atoms with E-state index in [1.165, 1.54) is 6.07 Å². The molecule has 1 aliphatic carbocycles. The molecule has 0 heterocycles. The second-order valence-corrected chi connectivity index (χ2v) is 7.92. The van der Waals surface area contributed by atoms with Gasteiger partial charge in [0.25, 0.3) is 0 Å². The smallest absolute Gasteiger partial charge is 0.169 e. The van der Waals surface area contributed by atoms with Gasteiger partial charge >= 0.3 is 0 Å². The van der Waals surface area contributed by atoms with Crippen LogP contribution in [-0.4, -0.2) is 0 Å². The van der Waals surface area contributed by atoms with E-state index in [1.54, 1.807) is 6.07 Å². The number of fused-ring (bicyclic) bond motifs is 1. The van der Waals surface area contributed by atoms with Crippen LogP contribution in [0.5, 0.6) is 0 Å². The SMILES string of the molecule is CCCc1ccc(C2CCc3c(F)c(-c4cccc(F)c4F)c(F)c(F)c3C2)c(F)c1. The Hall–Kier alpha value is -2.76. The van der Waals surface area contributed by atoms with Crippen LogP contribution in [0.15, 0.2) is 36.4 Å². The molecule has 3 aromatic carbocycles. The van der Waals surface area contributed by atoms with Crippen LogP contribution in [0.25, 0.3) is 11.1 Å². The van der Waals surface area contributed by atoms with Crippen molar-refractivity contribution < 1.29 is 26.3 Å². The number of halogens is 6. The van der Waals surface area contributed by atoms with E-state index in [1.807, 2.05) is 13.0 Å². The van der Waals surface area contributed by atoms with Crippen molar-refractivity contribution in [1.82, 2.24) is 0 Å². The molecule has 31 heavy (non-hydrogen) atoms. The molecule has 3 aromatic rings. The predicted octanol–water partition coefficient (Wildman–Crippen LogP) is 7.41. The van der Waals surface area contributed by atoms with Gasteiger partial charge in [0.2, 0.25) is 0 Å². The highest BCUT2D eigenvalue weighted by atomic mass is 19.2. The van der Waals surface area contributed by atoms with Crippen LogP contribution < -0.4 is 0 Å². The van der Waals surface area contributed by atoms with Crippen molar-refractivity contribution in [3.63, 3.8) is 0 Å². The summed E-state index contributed by atoms with van der Waals surface area (Å²) >= 11 is 0.